The zero-order valence-electron chi connectivity index (χ0n) is 18.8. The summed E-state index contributed by atoms with van der Waals surface area (Å²) >= 11 is 33.0. The molecule has 0 bridgehead atoms. The molecule has 9 heteroatoms. The number of aromatic nitrogens is 2. The minimum atomic E-state index is -1.00. The molecule has 0 aliphatic rings. The second-order valence-corrected chi connectivity index (χ2v) is 12.4. The van der Waals surface area contributed by atoms with E-state index in [4.69, 9.17) is 50.8 Å². The smallest absolute Gasteiger partial charge is 0.242 e. The van der Waals surface area contributed by atoms with E-state index in [1.54, 1.807) is 0 Å². The van der Waals surface area contributed by atoms with Crippen LogP contribution in [0.4, 0.5) is 0 Å². The van der Waals surface area contributed by atoms with Gasteiger partial charge in [-0.3, -0.25) is 0 Å². The van der Waals surface area contributed by atoms with Crippen LogP contribution in [0.15, 0.2) is 101 Å². The number of rotatable bonds is 6. The molecule has 186 valence electrons. The molecule has 0 saturated heterocycles. The van der Waals surface area contributed by atoms with E-state index in [9.17, 15) is 0 Å². The minimum Gasteiger partial charge on any atom is -0.421 e. The van der Waals surface area contributed by atoms with Crippen molar-refractivity contribution < 1.29 is 4.42 Å². The average molecular weight is 698 g/mol. The van der Waals surface area contributed by atoms with Gasteiger partial charge in [-0.15, -0.1) is 10.2 Å². The molecular weight excluding hydrogens is 682 g/mol. The molecule has 5 rings (SSSR count). The topological polar surface area (TPSA) is 38.9 Å². The minimum absolute atomic E-state index is 0.312. The number of alkyl halides is 2. The molecule has 1 heterocycles. The Balaban J connectivity index is 1.72. The molecule has 0 fully saturated rings. The van der Waals surface area contributed by atoms with E-state index in [1.165, 1.54) is 0 Å². The van der Waals surface area contributed by atoms with E-state index in [1.807, 2.05) is 97.1 Å². The highest BCUT2D eigenvalue weighted by Crippen LogP contribution is 2.49. The first kappa shape index (κ1) is 26.7. The van der Waals surface area contributed by atoms with Crippen LogP contribution in [0.25, 0.3) is 0 Å². The molecule has 1 aromatic heterocycles. The van der Waals surface area contributed by atoms with Gasteiger partial charge in [0.05, 0.1) is 0 Å². The van der Waals surface area contributed by atoms with Gasteiger partial charge in [0.1, 0.15) is 0 Å². The first-order valence-electron chi connectivity index (χ1n) is 11.0. The molecule has 0 aliphatic carbocycles. The Labute approximate surface area is 251 Å². The van der Waals surface area contributed by atoms with Crippen molar-refractivity contribution >= 4 is 78.3 Å². The molecule has 0 N–H and O–H groups in total. The molecule has 5 aromatic rings. The van der Waals surface area contributed by atoms with Gasteiger partial charge in [0, 0.05) is 20.1 Å². The molecule has 3 nitrogen and oxygen atoms in total. The van der Waals surface area contributed by atoms with Gasteiger partial charge in [-0.25, -0.2) is 0 Å². The Kier molecular flexibility index (Phi) is 7.75. The SMILES string of the molecule is Clc1ccc(C(Br)(c2cccc(Cl)c2)c2nnc(C(Br)(c3ccc(Cl)cc3)c3cccc(Cl)c3)o2)cc1. The molecule has 0 amide bonds. The molecule has 4 aromatic carbocycles. The van der Waals surface area contributed by atoms with E-state index in [0.717, 1.165) is 22.3 Å². The van der Waals surface area contributed by atoms with Crippen LogP contribution in [0.3, 0.4) is 0 Å². The van der Waals surface area contributed by atoms with Gasteiger partial charge in [-0.2, -0.15) is 0 Å². The van der Waals surface area contributed by atoms with Crippen LogP contribution in [0.5, 0.6) is 0 Å². The Hall–Kier alpha value is -1.86. The van der Waals surface area contributed by atoms with Crippen LogP contribution in [0.1, 0.15) is 34.0 Å². The highest BCUT2D eigenvalue weighted by molar-refractivity contribution is 9.10. The van der Waals surface area contributed by atoms with Gasteiger partial charge >= 0.3 is 0 Å². The summed E-state index contributed by atoms with van der Waals surface area (Å²) in [6.07, 6.45) is 0. The maximum Gasteiger partial charge on any atom is 0.242 e. The lowest BCUT2D eigenvalue weighted by molar-refractivity contribution is 0.425. The number of hydrogen-bond donors (Lipinski definition) is 0. The van der Waals surface area contributed by atoms with E-state index < -0.39 is 8.65 Å². The Morgan fingerprint density at radius 2 is 0.865 bits per heavy atom. The van der Waals surface area contributed by atoms with Gasteiger partial charge in [0.2, 0.25) is 11.8 Å². The Morgan fingerprint density at radius 3 is 1.22 bits per heavy atom. The van der Waals surface area contributed by atoms with Gasteiger partial charge in [-0.05, 0) is 70.8 Å². The summed E-state index contributed by atoms with van der Waals surface area (Å²) in [4.78, 5) is 0. The lowest BCUT2D eigenvalue weighted by atomic mass is 9.90. The van der Waals surface area contributed by atoms with Crippen LogP contribution in [0.2, 0.25) is 20.1 Å². The van der Waals surface area contributed by atoms with Crippen molar-refractivity contribution in [3.63, 3.8) is 0 Å². The van der Waals surface area contributed by atoms with Crippen molar-refractivity contribution in [1.82, 2.24) is 10.2 Å². The lowest BCUT2D eigenvalue weighted by Crippen LogP contribution is -2.23. The van der Waals surface area contributed by atoms with Crippen molar-refractivity contribution in [2.75, 3.05) is 0 Å². The highest BCUT2D eigenvalue weighted by atomic mass is 79.9. The van der Waals surface area contributed by atoms with Gasteiger partial charge in [0.25, 0.3) is 0 Å². The number of hydrogen-bond acceptors (Lipinski definition) is 3. The van der Waals surface area contributed by atoms with E-state index in [2.05, 4.69) is 42.1 Å². The molecule has 0 spiro atoms. The molecule has 0 aliphatic heterocycles. The van der Waals surface area contributed by atoms with Crippen molar-refractivity contribution in [2.24, 2.45) is 0 Å². The summed E-state index contributed by atoms with van der Waals surface area (Å²) in [5.74, 6) is 0.624. The molecule has 0 saturated carbocycles. The predicted octanol–water partition coefficient (Wildman–Crippen LogP) is 10.1. The van der Waals surface area contributed by atoms with Gasteiger partial charge in [-0.1, -0.05) is 127 Å². The fourth-order valence-electron chi connectivity index (χ4n) is 4.09. The second kappa shape index (κ2) is 10.7. The third kappa shape index (κ3) is 5.10. The fourth-order valence-corrected chi connectivity index (χ4v) is 6.07. The summed E-state index contributed by atoms with van der Waals surface area (Å²) in [6.45, 7) is 0. The average Bonchev–Trinajstić information content (AvgIpc) is 3.40. The summed E-state index contributed by atoms with van der Waals surface area (Å²) in [6, 6.07) is 29.8. The first-order valence-corrected chi connectivity index (χ1v) is 14.1. The summed E-state index contributed by atoms with van der Waals surface area (Å²) < 4.78 is 4.50. The van der Waals surface area contributed by atoms with Crippen LogP contribution in [-0.4, -0.2) is 10.2 Å². The van der Waals surface area contributed by atoms with Crippen LogP contribution in [0, 0.1) is 0 Å². The van der Waals surface area contributed by atoms with Crippen LogP contribution in [-0.2, 0) is 8.65 Å². The second-order valence-electron chi connectivity index (χ2n) is 8.26. The van der Waals surface area contributed by atoms with Crippen molar-refractivity contribution in [1.29, 1.82) is 0 Å². The van der Waals surface area contributed by atoms with Crippen LogP contribution >= 0.6 is 78.3 Å². The molecule has 37 heavy (non-hydrogen) atoms. The standard InChI is InChI=1S/C28H16Br2Cl4N2O/c29-27(17-7-11-21(31)12-8-17,19-3-1-5-23(33)15-19)25-35-36-26(37-25)28(30,18-9-13-22(32)14-10-18)20-4-2-6-24(34)16-20/h1-16H. The number of halogens is 6. The van der Waals surface area contributed by atoms with Gasteiger partial charge in [0.15, 0.2) is 8.65 Å². The maximum absolute atomic E-state index is 6.50. The van der Waals surface area contributed by atoms with Crippen molar-refractivity contribution in [2.45, 2.75) is 8.65 Å². The van der Waals surface area contributed by atoms with E-state index in [-0.39, 0.29) is 0 Å². The molecule has 2 unspecified atom stereocenters. The normalized spacial score (nSPS) is 14.6. The molecule has 0 radical (unpaired) electrons. The molecular formula is C28H16Br2Cl4N2O. The number of benzene rings is 4. The predicted molar refractivity (Wildman–Crippen MR) is 158 cm³/mol. The zero-order chi connectivity index (χ0) is 26.2. The maximum atomic E-state index is 6.50. The Bertz CT molecular complexity index is 1440. The lowest BCUT2D eigenvalue weighted by Gasteiger charge is -2.27. The Morgan fingerprint density at radius 1 is 0.486 bits per heavy atom. The van der Waals surface area contributed by atoms with Crippen LogP contribution < -0.4 is 0 Å². The summed E-state index contributed by atoms with van der Waals surface area (Å²) in [7, 11) is 0. The zero-order valence-corrected chi connectivity index (χ0v) is 25.0. The highest BCUT2D eigenvalue weighted by Gasteiger charge is 2.44. The van der Waals surface area contributed by atoms with E-state index in [0.29, 0.717) is 31.9 Å². The third-order valence-electron chi connectivity index (χ3n) is 5.94. The third-order valence-corrected chi connectivity index (χ3v) is 9.43. The summed E-state index contributed by atoms with van der Waals surface area (Å²) in [5, 5.41) is 11.4. The van der Waals surface area contributed by atoms with Gasteiger partial charge < -0.3 is 4.42 Å². The molecule has 2 atom stereocenters. The monoisotopic (exact) mass is 694 g/mol. The van der Waals surface area contributed by atoms with Crippen molar-refractivity contribution in [3.8, 4) is 0 Å². The van der Waals surface area contributed by atoms with E-state index >= 15 is 0 Å². The quantitative estimate of drug-likeness (QED) is 0.166. The first-order chi connectivity index (χ1) is 17.7. The fraction of sp³-hybridized carbons (Fsp3) is 0.0714. The van der Waals surface area contributed by atoms with Crippen molar-refractivity contribution in [3.05, 3.63) is 151 Å². The number of nitrogens with zero attached hydrogens (tertiary/aromatic N) is 2. The summed E-state index contributed by atoms with van der Waals surface area (Å²) in [5.41, 5.74) is 3.30. The largest absolute Gasteiger partial charge is 0.421 e.